The van der Waals surface area contributed by atoms with Gasteiger partial charge in [-0.25, -0.2) is 4.99 Å². The largest absolute Gasteiger partial charge is 0.422 e. The number of hydrogen-bond acceptors (Lipinski definition) is 8. The van der Waals surface area contributed by atoms with Crippen molar-refractivity contribution in [1.82, 2.24) is 24.9 Å². The summed E-state index contributed by atoms with van der Waals surface area (Å²) in [6.07, 6.45) is 3.41. The van der Waals surface area contributed by atoms with Gasteiger partial charge in [0.15, 0.2) is 0 Å². The molecule has 0 aliphatic carbocycles. The Balaban J connectivity index is 1.75. The number of nitrogens with zero attached hydrogens (tertiary/aromatic N) is 6. The van der Waals surface area contributed by atoms with Crippen LogP contribution in [0.1, 0.15) is 48.4 Å². The molecule has 10 nitrogen and oxygen atoms in total. The molecule has 0 saturated carbocycles. The minimum atomic E-state index is -1.38. The van der Waals surface area contributed by atoms with E-state index in [0.717, 1.165) is 16.8 Å². The predicted octanol–water partition coefficient (Wildman–Crippen LogP) is 1.71. The highest BCUT2D eigenvalue weighted by atomic mass is 16.4. The molecule has 1 aliphatic rings. The summed E-state index contributed by atoms with van der Waals surface area (Å²) in [4.78, 5) is 18.8. The third kappa shape index (κ3) is 4.05. The number of amidine groups is 1. The summed E-state index contributed by atoms with van der Waals surface area (Å²) in [6.45, 7) is 5.21. The van der Waals surface area contributed by atoms with Crippen LogP contribution in [0.3, 0.4) is 0 Å². The number of aliphatic hydroxyl groups is 1. The molecule has 1 aromatic carbocycles. The molecule has 0 bridgehead atoms. The van der Waals surface area contributed by atoms with Gasteiger partial charge in [-0.1, -0.05) is 25.1 Å². The second kappa shape index (κ2) is 8.28. The lowest BCUT2D eigenvalue weighted by molar-refractivity contribution is -0.120. The van der Waals surface area contributed by atoms with Gasteiger partial charge in [0.25, 0.3) is 0 Å². The Hall–Kier alpha value is -3.79. The average molecular weight is 450 g/mol. The van der Waals surface area contributed by atoms with Crippen molar-refractivity contribution in [1.29, 1.82) is 0 Å². The van der Waals surface area contributed by atoms with Gasteiger partial charge in [0.1, 0.15) is 17.5 Å². The van der Waals surface area contributed by atoms with Crippen molar-refractivity contribution in [3.63, 3.8) is 0 Å². The molecule has 3 atom stereocenters. The molecule has 2 aromatic heterocycles. The first-order chi connectivity index (χ1) is 15.6. The third-order valence-corrected chi connectivity index (χ3v) is 6.12. The molecule has 3 heterocycles. The zero-order chi connectivity index (χ0) is 23.9. The van der Waals surface area contributed by atoms with Crippen LogP contribution in [0.2, 0.25) is 0 Å². The lowest BCUT2D eigenvalue weighted by atomic mass is 9.84. The van der Waals surface area contributed by atoms with E-state index in [2.05, 4.69) is 15.3 Å². The van der Waals surface area contributed by atoms with Gasteiger partial charge in [0, 0.05) is 38.7 Å². The molecule has 0 radical (unpaired) electrons. The zero-order valence-electron chi connectivity index (χ0n) is 19.2. The van der Waals surface area contributed by atoms with Crippen molar-refractivity contribution in [2.24, 2.45) is 17.8 Å². The van der Waals surface area contributed by atoms with E-state index < -0.39 is 17.6 Å². The molecule has 3 N–H and O–H groups in total. The predicted molar refractivity (Wildman–Crippen MR) is 122 cm³/mol. The SMILES string of the molecule is Cc1nnc([C@](C)(O)C(C)c2cccc(C3=NC(c4ccnn4C)=CC(C(N)=O)N3C)c2)o1. The van der Waals surface area contributed by atoms with E-state index in [-0.39, 0.29) is 11.8 Å². The summed E-state index contributed by atoms with van der Waals surface area (Å²) in [7, 11) is 3.59. The number of aryl methyl sites for hydroxylation is 2. The Morgan fingerprint density at radius 2 is 2.03 bits per heavy atom. The maximum absolute atomic E-state index is 12.2. The molecule has 172 valence electrons. The Labute approximate surface area is 191 Å². The molecule has 0 fully saturated rings. The minimum Gasteiger partial charge on any atom is -0.422 e. The maximum Gasteiger partial charge on any atom is 0.248 e. The number of aliphatic imine (C=N–C) groups is 1. The van der Waals surface area contributed by atoms with E-state index in [1.807, 2.05) is 44.3 Å². The number of likely N-dealkylation sites (N-methyl/N-ethyl adjacent to an activating group) is 1. The van der Waals surface area contributed by atoms with E-state index in [1.165, 1.54) is 0 Å². The first-order valence-corrected chi connectivity index (χ1v) is 10.5. The highest BCUT2D eigenvalue weighted by molar-refractivity contribution is 6.06. The number of carbonyl (C=O) groups is 1. The topological polar surface area (TPSA) is 136 Å². The molecule has 10 heteroatoms. The quantitative estimate of drug-likeness (QED) is 0.585. The van der Waals surface area contributed by atoms with Gasteiger partial charge in [0.05, 0.1) is 11.4 Å². The fourth-order valence-corrected chi connectivity index (χ4v) is 3.89. The summed E-state index contributed by atoms with van der Waals surface area (Å²) >= 11 is 0. The van der Waals surface area contributed by atoms with Crippen LogP contribution in [-0.4, -0.2) is 54.8 Å². The van der Waals surface area contributed by atoms with E-state index in [1.54, 1.807) is 42.7 Å². The molecule has 4 rings (SSSR count). The Kier molecular flexibility index (Phi) is 5.62. The second-order valence-corrected chi connectivity index (χ2v) is 8.41. The van der Waals surface area contributed by atoms with Gasteiger partial charge < -0.3 is 20.2 Å². The number of aromatic nitrogens is 4. The lowest BCUT2D eigenvalue weighted by Gasteiger charge is -2.32. The Morgan fingerprint density at radius 1 is 1.27 bits per heavy atom. The van der Waals surface area contributed by atoms with Crippen LogP contribution in [0.5, 0.6) is 0 Å². The van der Waals surface area contributed by atoms with Crippen molar-refractivity contribution in [2.75, 3.05) is 7.05 Å². The monoisotopic (exact) mass is 449 g/mol. The van der Waals surface area contributed by atoms with Crippen molar-refractivity contribution >= 4 is 17.4 Å². The number of primary amides is 1. The minimum absolute atomic E-state index is 0.153. The van der Waals surface area contributed by atoms with Crippen molar-refractivity contribution in [3.8, 4) is 0 Å². The standard InChI is InChI=1S/C23H27N7O3/c1-13(23(3,32)22-28-27-14(2)33-22)15-7-6-8-16(11-15)21-26-17(18-9-10-25-30(18)5)12-19(20(24)31)29(21)4/h6-13,19,32H,1-5H3,(H2,24,31)/t13?,19?,23-/m1/s1. The van der Waals surface area contributed by atoms with Gasteiger partial charge in [-0.15, -0.1) is 10.2 Å². The molecule has 1 aliphatic heterocycles. The number of nitrogens with two attached hydrogens (primary N) is 1. The molecule has 0 spiro atoms. The van der Waals surface area contributed by atoms with E-state index in [0.29, 0.717) is 17.4 Å². The number of carbonyl (C=O) groups excluding carboxylic acids is 1. The van der Waals surface area contributed by atoms with Crippen molar-refractivity contribution in [3.05, 3.63) is 71.2 Å². The molecule has 0 saturated heterocycles. The summed E-state index contributed by atoms with van der Waals surface area (Å²) in [5, 5.41) is 23.2. The van der Waals surface area contributed by atoms with Crippen LogP contribution in [0.15, 0.2) is 52.0 Å². The van der Waals surface area contributed by atoms with Crippen LogP contribution in [0.4, 0.5) is 0 Å². The summed E-state index contributed by atoms with van der Waals surface area (Å²) < 4.78 is 7.18. The lowest BCUT2D eigenvalue weighted by Crippen LogP contribution is -2.46. The molecular formula is C23H27N7O3. The summed E-state index contributed by atoms with van der Waals surface area (Å²) in [5.41, 5.74) is 7.31. The number of amides is 1. The average Bonchev–Trinajstić information content (AvgIpc) is 3.42. The summed E-state index contributed by atoms with van der Waals surface area (Å²) in [5.74, 6) is 0.270. The van der Waals surface area contributed by atoms with Gasteiger partial charge in [0.2, 0.25) is 17.7 Å². The van der Waals surface area contributed by atoms with Gasteiger partial charge in [-0.3, -0.25) is 9.48 Å². The van der Waals surface area contributed by atoms with Crippen LogP contribution in [-0.2, 0) is 17.4 Å². The maximum atomic E-state index is 12.2. The second-order valence-electron chi connectivity index (χ2n) is 8.41. The van der Waals surface area contributed by atoms with Crippen LogP contribution < -0.4 is 5.73 Å². The van der Waals surface area contributed by atoms with Crippen molar-refractivity contribution in [2.45, 2.75) is 38.3 Å². The fraction of sp³-hybridized carbons (Fsp3) is 0.348. The molecule has 1 amide bonds. The van der Waals surface area contributed by atoms with Gasteiger partial charge in [-0.05, 0) is 30.7 Å². The number of hydrogen-bond donors (Lipinski definition) is 2. The smallest absolute Gasteiger partial charge is 0.248 e. The van der Waals surface area contributed by atoms with E-state index >= 15 is 0 Å². The highest BCUT2D eigenvalue weighted by Crippen LogP contribution is 2.36. The molecule has 2 unspecified atom stereocenters. The normalized spacial score (nSPS) is 19.0. The van der Waals surface area contributed by atoms with E-state index in [4.69, 9.17) is 15.1 Å². The van der Waals surface area contributed by atoms with E-state index in [9.17, 15) is 9.90 Å². The van der Waals surface area contributed by atoms with Crippen LogP contribution >= 0.6 is 0 Å². The number of rotatable bonds is 6. The zero-order valence-corrected chi connectivity index (χ0v) is 19.2. The third-order valence-electron chi connectivity index (χ3n) is 6.12. The first-order valence-electron chi connectivity index (χ1n) is 10.5. The first kappa shape index (κ1) is 22.4. The van der Waals surface area contributed by atoms with Crippen LogP contribution in [0, 0.1) is 6.92 Å². The Bertz CT molecular complexity index is 1250. The highest BCUT2D eigenvalue weighted by Gasteiger charge is 2.37. The van der Waals surface area contributed by atoms with Crippen LogP contribution in [0.25, 0.3) is 5.70 Å². The van der Waals surface area contributed by atoms with Gasteiger partial charge >= 0.3 is 0 Å². The fourth-order valence-electron chi connectivity index (χ4n) is 3.89. The Morgan fingerprint density at radius 3 is 2.64 bits per heavy atom. The van der Waals surface area contributed by atoms with Crippen molar-refractivity contribution < 1.29 is 14.3 Å². The molecule has 3 aromatic rings. The molecule has 33 heavy (non-hydrogen) atoms. The van der Waals surface area contributed by atoms with Gasteiger partial charge in [-0.2, -0.15) is 5.10 Å². The molecular weight excluding hydrogens is 422 g/mol. The number of benzene rings is 1. The summed E-state index contributed by atoms with van der Waals surface area (Å²) in [6, 6.07) is 8.79.